The first-order valence-corrected chi connectivity index (χ1v) is 10.4. The average molecular weight is 436 g/mol. The lowest BCUT2D eigenvalue weighted by molar-refractivity contribution is -0.137. The Hall–Kier alpha value is -1.89. The molecule has 7 heteroatoms. The molecule has 1 aromatic carbocycles. The van der Waals surface area contributed by atoms with Gasteiger partial charge in [0.05, 0.1) is 6.04 Å². The molecule has 0 aromatic heterocycles. The highest BCUT2D eigenvalue weighted by atomic mass is 79.9. The molecule has 3 atom stereocenters. The van der Waals surface area contributed by atoms with E-state index in [0.717, 1.165) is 34.2 Å². The number of nitrogens with zero attached hydrogens (tertiary/aromatic N) is 1. The Labute approximate surface area is 168 Å². The molecule has 2 fully saturated rings. The van der Waals surface area contributed by atoms with Crippen molar-refractivity contribution in [2.75, 3.05) is 6.54 Å². The van der Waals surface area contributed by atoms with Gasteiger partial charge in [0.2, 0.25) is 5.91 Å². The van der Waals surface area contributed by atoms with Crippen molar-refractivity contribution in [3.05, 3.63) is 34.3 Å². The van der Waals surface area contributed by atoms with Gasteiger partial charge in [-0.3, -0.25) is 14.5 Å². The van der Waals surface area contributed by atoms with Gasteiger partial charge >= 0.3 is 6.03 Å². The molecule has 1 aliphatic carbocycles. The SMILES string of the molecule is CC[C@@H](NC(=O)CN1C(=O)N[C@@]2(CCCC[C@@H]2C)C1=O)c1ccc(Br)cc1. The van der Waals surface area contributed by atoms with Crippen molar-refractivity contribution < 1.29 is 14.4 Å². The van der Waals surface area contributed by atoms with Gasteiger partial charge in [0.1, 0.15) is 12.1 Å². The Bertz CT molecular complexity index is 736. The number of halogens is 1. The van der Waals surface area contributed by atoms with E-state index in [9.17, 15) is 14.4 Å². The molecule has 3 rings (SSSR count). The summed E-state index contributed by atoms with van der Waals surface area (Å²) in [6.07, 6.45) is 4.26. The summed E-state index contributed by atoms with van der Waals surface area (Å²) in [4.78, 5) is 39.0. The van der Waals surface area contributed by atoms with Gasteiger partial charge in [-0.05, 0) is 42.9 Å². The van der Waals surface area contributed by atoms with Crippen LogP contribution in [-0.2, 0) is 9.59 Å². The first kappa shape index (κ1) is 19.9. The van der Waals surface area contributed by atoms with E-state index >= 15 is 0 Å². The fourth-order valence-corrected chi connectivity index (χ4v) is 4.40. The maximum atomic E-state index is 13.0. The van der Waals surface area contributed by atoms with Gasteiger partial charge in [-0.15, -0.1) is 0 Å². The van der Waals surface area contributed by atoms with E-state index in [1.165, 1.54) is 0 Å². The average Bonchev–Trinajstić information content (AvgIpc) is 2.88. The number of carbonyl (C=O) groups excluding carboxylic acids is 3. The van der Waals surface area contributed by atoms with Crippen LogP contribution in [0.2, 0.25) is 0 Å². The molecule has 4 amide bonds. The molecule has 2 N–H and O–H groups in total. The third kappa shape index (κ3) is 3.88. The van der Waals surface area contributed by atoms with Gasteiger partial charge in [-0.2, -0.15) is 0 Å². The third-order valence-electron chi connectivity index (χ3n) is 5.82. The van der Waals surface area contributed by atoms with Gasteiger partial charge in [0, 0.05) is 4.47 Å². The molecule has 1 saturated heterocycles. The molecule has 1 heterocycles. The molecule has 1 aromatic rings. The van der Waals surface area contributed by atoms with Crippen LogP contribution in [0.25, 0.3) is 0 Å². The zero-order valence-corrected chi connectivity index (χ0v) is 17.3. The molecule has 1 saturated carbocycles. The highest BCUT2D eigenvalue weighted by Gasteiger charge is 2.55. The minimum atomic E-state index is -0.828. The maximum absolute atomic E-state index is 13.0. The van der Waals surface area contributed by atoms with Crippen LogP contribution < -0.4 is 10.6 Å². The molecule has 2 aliphatic rings. The van der Waals surface area contributed by atoms with Crippen LogP contribution >= 0.6 is 15.9 Å². The van der Waals surface area contributed by atoms with Crippen LogP contribution in [0.4, 0.5) is 4.79 Å². The highest BCUT2D eigenvalue weighted by Crippen LogP contribution is 2.38. The Morgan fingerprint density at radius 2 is 2.04 bits per heavy atom. The minimum absolute atomic E-state index is 0.0851. The van der Waals surface area contributed by atoms with Crippen molar-refractivity contribution in [3.8, 4) is 0 Å². The second kappa shape index (κ2) is 8.00. The number of amides is 4. The molecular formula is C20H26BrN3O3. The van der Waals surface area contributed by atoms with Crippen molar-refractivity contribution in [1.29, 1.82) is 0 Å². The monoisotopic (exact) mass is 435 g/mol. The number of urea groups is 1. The van der Waals surface area contributed by atoms with E-state index in [1.54, 1.807) is 0 Å². The number of hydrogen-bond acceptors (Lipinski definition) is 3. The smallest absolute Gasteiger partial charge is 0.325 e. The number of nitrogens with one attached hydrogen (secondary N) is 2. The van der Waals surface area contributed by atoms with Gasteiger partial charge in [-0.25, -0.2) is 4.79 Å². The molecule has 0 bridgehead atoms. The Morgan fingerprint density at radius 1 is 1.33 bits per heavy atom. The molecule has 146 valence electrons. The predicted molar refractivity (Wildman–Crippen MR) is 106 cm³/mol. The number of hydrogen-bond donors (Lipinski definition) is 2. The predicted octanol–water partition coefficient (Wildman–Crippen LogP) is 3.52. The zero-order valence-electron chi connectivity index (χ0n) is 15.8. The molecule has 1 aliphatic heterocycles. The summed E-state index contributed by atoms with van der Waals surface area (Å²) < 4.78 is 0.971. The Balaban J connectivity index is 1.67. The van der Waals surface area contributed by atoms with Crippen LogP contribution in [0.1, 0.15) is 57.6 Å². The van der Waals surface area contributed by atoms with Crippen LogP contribution in [0, 0.1) is 5.92 Å². The lowest BCUT2D eigenvalue weighted by Gasteiger charge is -2.36. The van der Waals surface area contributed by atoms with Gasteiger partial charge in [0.15, 0.2) is 0 Å². The van der Waals surface area contributed by atoms with Crippen molar-refractivity contribution in [2.24, 2.45) is 5.92 Å². The van der Waals surface area contributed by atoms with Crippen LogP contribution in [0.3, 0.4) is 0 Å². The van der Waals surface area contributed by atoms with Crippen LogP contribution in [0.5, 0.6) is 0 Å². The van der Waals surface area contributed by atoms with Crippen molar-refractivity contribution in [3.63, 3.8) is 0 Å². The van der Waals surface area contributed by atoms with Crippen LogP contribution in [0.15, 0.2) is 28.7 Å². The Morgan fingerprint density at radius 3 is 2.67 bits per heavy atom. The van der Waals surface area contributed by atoms with Gasteiger partial charge in [-0.1, -0.05) is 54.8 Å². The minimum Gasteiger partial charge on any atom is -0.348 e. The molecule has 6 nitrogen and oxygen atoms in total. The van der Waals surface area contributed by atoms with Crippen molar-refractivity contribution in [2.45, 2.75) is 57.5 Å². The van der Waals surface area contributed by atoms with Crippen LogP contribution in [-0.4, -0.2) is 34.8 Å². The first-order chi connectivity index (χ1) is 12.9. The third-order valence-corrected chi connectivity index (χ3v) is 6.35. The number of benzene rings is 1. The quantitative estimate of drug-likeness (QED) is 0.694. The normalized spacial score (nSPS) is 26.2. The fraction of sp³-hybridized carbons (Fsp3) is 0.550. The van der Waals surface area contributed by atoms with Gasteiger partial charge < -0.3 is 10.6 Å². The molecule has 0 radical (unpaired) electrons. The topological polar surface area (TPSA) is 78.5 Å². The number of rotatable bonds is 5. The molecule has 1 spiro atoms. The standard InChI is InChI=1S/C20H26BrN3O3/c1-3-16(14-7-9-15(21)10-8-14)22-17(25)12-24-18(26)20(23-19(24)27)11-5-4-6-13(20)2/h7-10,13,16H,3-6,11-12H2,1-2H3,(H,22,25)(H,23,27)/t13-,16+,20+/m0/s1. The van der Waals surface area contributed by atoms with E-state index in [4.69, 9.17) is 0 Å². The Kier molecular flexibility index (Phi) is 5.89. The van der Waals surface area contributed by atoms with E-state index in [1.807, 2.05) is 38.1 Å². The summed E-state index contributed by atoms with van der Waals surface area (Å²) in [5.74, 6) is -0.498. The fourth-order valence-electron chi connectivity index (χ4n) is 4.14. The van der Waals surface area contributed by atoms with E-state index < -0.39 is 11.6 Å². The van der Waals surface area contributed by atoms with Crippen molar-refractivity contribution in [1.82, 2.24) is 15.5 Å². The highest BCUT2D eigenvalue weighted by molar-refractivity contribution is 9.10. The maximum Gasteiger partial charge on any atom is 0.325 e. The molecular weight excluding hydrogens is 410 g/mol. The first-order valence-electron chi connectivity index (χ1n) is 9.56. The number of imide groups is 1. The largest absolute Gasteiger partial charge is 0.348 e. The summed E-state index contributed by atoms with van der Waals surface area (Å²) in [6, 6.07) is 7.14. The zero-order chi connectivity index (χ0) is 19.6. The second-order valence-corrected chi connectivity index (χ2v) is 8.44. The van der Waals surface area contributed by atoms with Gasteiger partial charge in [0.25, 0.3) is 5.91 Å². The van der Waals surface area contributed by atoms with Crippen molar-refractivity contribution >= 4 is 33.8 Å². The number of carbonyl (C=O) groups is 3. The summed E-state index contributed by atoms with van der Waals surface area (Å²) in [6.45, 7) is 3.74. The second-order valence-electron chi connectivity index (χ2n) is 7.52. The summed E-state index contributed by atoms with van der Waals surface area (Å²) >= 11 is 3.40. The molecule has 0 unspecified atom stereocenters. The van der Waals surface area contributed by atoms with E-state index in [-0.39, 0.29) is 30.3 Å². The summed E-state index contributed by atoms with van der Waals surface area (Å²) in [5, 5.41) is 5.83. The van der Waals surface area contributed by atoms with E-state index in [2.05, 4.69) is 26.6 Å². The summed E-state index contributed by atoms with van der Waals surface area (Å²) in [7, 11) is 0. The van der Waals surface area contributed by atoms with E-state index in [0.29, 0.717) is 12.8 Å². The molecule has 27 heavy (non-hydrogen) atoms. The lowest BCUT2D eigenvalue weighted by Crippen LogP contribution is -2.54. The summed E-state index contributed by atoms with van der Waals surface area (Å²) in [5.41, 5.74) is 0.162. The lowest BCUT2D eigenvalue weighted by atomic mass is 9.73.